The SMILES string of the molecule is COCC(CCO)Nc1c(N)n(Cc2ccccc2)c(=O)n(C)c1=O. The molecule has 0 radical (unpaired) electrons. The third-order valence-corrected chi connectivity index (χ3v) is 3.96. The van der Waals surface area contributed by atoms with Crippen molar-refractivity contribution in [2.24, 2.45) is 7.05 Å². The Hall–Kier alpha value is -2.58. The highest BCUT2D eigenvalue weighted by Gasteiger charge is 2.18. The summed E-state index contributed by atoms with van der Waals surface area (Å²) in [5, 5.41) is 12.2. The van der Waals surface area contributed by atoms with Crippen LogP contribution in [0.3, 0.4) is 0 Å². The molecule has 0 amide bonds. The van der Waals surface area contributed by atoms with E-state index >= 15 is 0 Å². The van der Waals surface area contributed by atoms with Gasteiger partial charge in [0.05, 0.1) is 19.2 Å². The number of nitrogens with two attached hydrogens (primary N) is 1. The lowest BCUT2D eigenvalue weighted by Gasteiger charge is -2.21. The number of nitrogen functional groups attached to an aromatic ring is 1. The molecule has 1 heterocycles. The molecule has 0 aliphatic heterocycles. The lowest BCUT2D eigenvalue weighted by atomic mass is 10.2. The minimum absolute atomic E-state index is 0.0646. The van der Waals surface area contributed by atoms with Crippen LogP contribution < -0.4 is 22.3 Å². The van der Waals surface area contributed by atoms with Crippen molar-refractivity contribution in [3.63, 3.8) is 0 Å². The highest BCUT2D eigenvalue weighted by Crippen LogP contribution is 2.15. The monoisotopic (exact) mass is 348 g/mol. The van der Waals surface area contributed by atoms with Gasteiger partial charge in [0.2, 0.25) is 0 Å². The molecule has 0 aliphatic rings. The number of hydrogen-bond donors (Lipinski definition) is 3. The summed E-state index contributed by atoms with van der Waals surface area (Å²) in [6, 6.07) is 9.08. The van der Waals surface area contributed by atoms with E-state index in [1.54, 1.807) is 0 Å². The zero-order chi connectivity index (χ0) is 18.4. The van der Waals surface area contributed by atoms with Gasteiger partial charge in [0.15, 0.2) is 0 Å². The Morgan fingerprint density at radius 2 is 1.96 bits per heavy atom. The molecule has 8 nitrogen and oxygen atoms in total. The maximum atomic E-state index is 12.5. The molecule has 0 bridgehead atoms. The van der Waals surface area contributed by atoms with Crippen LogP contribution in [0.5, 0.6) is 0 Å². The quantitative estimate of drug-likeness (QED) is 0.618. The summed E-state index contributed by atoms with van der Waals surface area (Å²) in [5.74, 6) is 0.0657. The lowest BCUT2D eigenvalue weighted by Crippen LogP contribution is -2.42. The average molecular weight is 348 g/mol. The number of anilines is 2. The van der Waals surface area contributed by atoms with Gasteiger partial charge in [-0.3, -0.25) is 13.9 Å². The van der Waals surface area contributed by atoms with Gasteiger partial charge in [0.25, 0.3) is 5.56 Å². The van der Waals surface area contributed by atoms with Gasteiger partial charge >= 0.3 is 5.69 Å². The van der Waals surface area contributed by atoms with Crippen molar-refractivity contribution in [2.75, 3.05) is 31.4 Å². The Balaban J connectivity index is 2.46. The van der Waals surface area contributed by atoms with Gasteiger partial charge in [-0.05, 0) is 12.0 Å². The van der Waals surface area contributed by atoms with Crippen LogP contribution in [-0.2, 0) is 18.3 Å². The van der Waals surface area contributed by atoms with E-state index in [9.17, 15) is 9.59 Å². The van der Waals surface area contributed by atoms with Crippen LogP contribution in [0.25, 0.3) is 0 Å². The van der Waals surface area contributed by atoms with Crippen LogP contribution in [0, 0.1) is 0 Å². The second-order valence-corrected chi connectivity index (χ2v) is 5.79. The van der Waals surface area contributed by atoms with Crippen LogP contribution in [-0.4, -0.2) is 40.6 Å². The summed E-state index contributed by atoms with van der Waals surface area (Å²) < 4.78 is 7.46. The summed E-state index contributed by atoms with van der Waals surface area (Å²) >= 11 is 0. The fourth-order valence-electron chi connectivity index (χ4n) is 2.60. The number of ether oxygens (including phenoxy) is 1. The summed E-state index contributed by atoms with van der Waals surface area (Å²) in [5.41, 5.74) is 6.16. The smallest absolute Gasteiger partial charge is 0.332 e. The van der Waals surface area contributed by atoms with Gasteiger partial charge < -0.3 is 20.9 Å². The van der Waals surface area contributed by atoms with Gasteiger partial charge in [-0.15, -0.1) is 0 Å². The molecule has 25 heavy (non-hydrogen) atoms. The van der Waals surface area contributed by atoms with Crippen molar-refractivity contribution in [1.82, 2.24) is 9.13 Å². The second kappa shape index (κ2) is 8.50. The Bertz CT molecular complexity index is 808. The molecular weight excluding hydrogens is 324 g/mol. The van der Waals surface area contributed by atoms with Gasteiger partial charge in [-0.2, -0.15) is 0 Å². The van der Waals surface area contributed by atoms with Crippen molar-refractivity contribution >= 4 is 11.5 Å². The Kier molecular flexibility index (Phi) is 6.37. The first-order valence-electron chi connectivity index (χ1n) is 7.99. The fourth-order valence-corrected chi connectivity index (χ4v) is 2.60. The molecule has 2 aromatic rings. The molecule has 0 aliphatic carbocycles. The van der Waals surface area contributed by atoms with E-state index < -0.39 is 11.2 Å². The molecule has 2 rings (SSSR count). The molecule has 8 heteroatoms. The molecule has 1 unspecified atom stereocenters. The highest BCUT2D eigenvalue weighted by molar-refractivity contribution is 5.61. The van der Waals surface area contributed by atoms with Crippen molar-refractivity contribution in [1.29, 1.82) is 0 Å². The number of nitrogens with zero attached hydrogens (tertiary/aromatic N) is 2. The average Bonchev–Trinajstić information content (AvgIpc) is 2.62. The first kappa shape index (κ1) is 18.8. The predicted molar refractivity (Wildman–Crippen MR) is 96.9 cm³/mol. The molecule has 0 spiro atoms. The first-order chi connectivity index (χ1) is 12.0. The maximum absolute atomic E-state index is 12.5. The molecule has 136 valence electrons. The topological polar surface area (TPSA) is 112 Å². The Labute approximate surface area is 145 Å². The third kappa shape index (κ3) is 4.28. The summed E-state index contributed by atoms with van der Waals surface area (Å²) in [6.07, 6.45) is 0.383. The zero-order valence-electron chi connectivity index (χ0n) is 14.4. The number of aliphatic hydroxyl groups is 1. The molecule has 0 saturated heterocycles. The van der Waals surface area contributed by atoms with E-state index in [2.05, 4.69) is 5.32 Å². The summed E-state index contributed by atoms with van der Waals surface area (Å²) in [6.45, 7) is 0.481. The van der Waals surface area contributed by atoms with E-state index in [4.69, 9.17) is 15.6 Å². The third-order valence-electron chi connectivity index (χ3n) is 3.96. The van der Waals surface area contributed by atoms with E-state index in [1.807, 2.05) is 30.3 Å². The van der Waals surface area contributed by atoms with Gasteiger partial charge in [-0.1, -0.05) is 30.3 Å². The number of aromatic nitrogens is 2. The number of rotatable bonds is 8. The standard InChI is InChI=1S/C17H24N4O4/c1-20-16(23)14(19-13(8-9-22)11-25-2)15(18)21(17(20)24)10-12-6-4-3-5-7-12/h3-7,13,19,22H,8-11,18H2,1-2H3. The van der Waals surface area contributed by atoms with Gasteiger partial charge in [0.1, 0.15) is 11.5 Å². The van der Waals surface area contributed by atoms with Gasteiger partial charge in [-0.25, -0.2) is 4.79 Å². The molecule has 1 aromatic heterocycles. The molecule has 4 N–H and O–H groups in total. The normalized spacial score (nSPS) is 12.1. The largest absolute Gasteiger partial charge is 0.396 e. The van der Waals surface area contributed by atoms with Crippen LogP contribution in [0.1, 0.15) is 12.0 Å². The Morgan fingerprint density at radius 1 is 1.28 bits per heavy atom. The van der Waals surface area contributed by atoms with Crippen molar-refractivity contribution < 1.29 is 9.84 Å². The Morgan fingerprint density at radius 3 is 2.56 bits per heavy atom. The van der Waals surface area contributed by atoms with Crippen LogP contribution in [0.2, 0.25) is 0 Å². The molecule has 0 fully saturated rings. The predicted octanol–water partition coefficient (Wildman–Crippen LogP) is -0.0132. The van der Waals surface area contributed by atoms with Gasteiger partial charge in [0, 0.05) is 20.8 Å². The van der Waals surface area contributed by atoms with Crippen molar-refractivity contribution in [3.8, 4) is 0 Å². The number of hydrogen-bond acceptors (Lipinski definition) is 6. The van der Waals surface area contributed by atoms with Crippen LogP contribution >= 0.6 is 0 Å². The van der Waals surface area contributed by atoms with E-state index in [0.29, 0.717) is 13.0 Å². The van der Waals surface area contributed by atoms with E-state index in [1.165, 1.54) is 18.7 Å². The minimum atomic E-state index is -0.508. The molecule has 0 saturated carbocycles. The molecule has 1 aromatic carbocycles. The minimum Gasteiger partial charge on any atom is -0.396 e. The first-order valence-corrected chi connectivity index (χ1v) is 7.99. The molecular formula is C17H24N4O4. The van der Waals surface area contributed by atoms with E-state index in [-0.39, 0.29) is 30.7 Å². The maximum Gasteiger partial charge on any atom is 0.332 e. The second-order valence-electron chi connectivity index (χ2n) is 5.79. The summed E-state index contributed by atoms with van der Waals surface area (Å²) in [4.78, 5) is 24.9. The number of nitrogens with one attached hydrogen (secondary N) is 1. The number of benzene rings is 1. The van der Waals surface area contributed by atoms with Crippen LogP contribution in [0.15, 0.2) is 39.9 Å². The molecule has 1 atom stereocenters. The lowest BCUT2D eigenvalue weighted by molar-refractivity contribution is 0.170. The van der Waals surface area contributed by atoms with E-state index in [0.717, 1.165) is 10.1 Å². The number of aliphatic hydroxyl groups excluding tert-OH is 1. The van der Waals surface area contributed by atoms with Crippen molar-refractivity contribution in [2.45, 2.75) is 19.0 Å². The van der Waals surface area contributed by atoms with Crippen LogP contribution in [0.4, 0.5) is 11.5 Å². The number of methoxy groups -OCH3 is 1. The zero-order valence-corrected chi connectivity index (χ0v) is 14.4. The van der Waals surface area contributed by atoms with Crippen molar-refractivity contribution in [3.05, 3.63) is 56.7 Å². The summed E-state index contributed by atoms with van der Waals surface area (Å²) in [7, 11) is 2.94. The highest BCUT2D eigenvalue weighted by atomic mass is 16.5. The fraction of sp³-hybridized carbons (Fsp3) is 0.412.